The highest BCUT2D eigenvalue weighted by Crippen LogP contribution is 2.33. The zero-order valence-corrected chi connectivity index (χ0v) is 22.5. The second-order valence-corrected chi connectivity index (χ2v) is 10.1. The molecule has 1 aliphatic heterocycles. The fraction of sp³-hybridized carbons (Fsp3) is 0.321. The molecular weight excluding hydrogens is 484 g/mol. The van der Waals surface area contributed by atoms with Gasteiger partial charge in [0.25, 0.3) is 0 Å². The topological polar surface area (TPSA) is 77.3 Å². The molecule has 2 aromatic heterocycles. The summed E-state index contributed by atoms with van der Waals surface area (Å²) in [5.74, 6) is 2.77. The summed E-state index contributed by atoms with van der Waals surface area (Å²) in [7, 11) is 4.03. The van der Waals surface area contributed by atoms with Crippen LogP contribution < -0.4 is 13.6 Å². The van der Waals surface area contributed by atoms with Gasteiger partial charge in [-0.2, -0.15) is 10.1 Å². The van der Waals surface area contributed by atoms with E-state index in [0.29, 0.717) is 23.5 Å². The van der Waals surface area contributed by atoms with Crippen molar-refractivity contribution in [2.24, 2.45) is 7.05 Å². The van der Waals surface area contributed by atoms with Crippen LogP contribution in [0.5, 0.6) is 17.4 Å². The highest BCUT2D eigenvalue weighted by Gasteiger charge is 2.20. The third-order valence-electron chi connectivity index (χ3n) is 6.57. The van der Waals surface area contributed by atoms with E-state index < -0.39 is 0 Å². The molecule has 1 aliphatic rings. The molecule has 1 atom stereocenters. The van der Waals surface area contributed by atoms with Crippen LogP contribution in [0.3, 0.4) is 0 Å². The molecule has 1 N–H and O–H groups in total. The molecule has 4 aromatic rings. The van der Waals surface area contributed by atoms with Gasteiger partial charge in [0.05, 0.1) is 18.1 Å². The molecule has 1 unspecified atom stereocenters. The maximum Gasteiger partial charge on any atom is 0.239 e. The Labute approximate surface area is 222 Å². The highest BCUT2D eigenvalue weighted by molar-refractivity contribution is 7.96. The van der Waals surface area contributed by atoms with Gasteiger partial charge < -0.3 is 13.8 Å². The SMILES string of the molecule is Cc1cccc(C)c1-c1cc(Oc2cccc(C3CCCN(C)C3)c2)nc(NSOc2cnn(C)c2)n1. The van der Waals surface area contributed by atoms with E-state index in [2.05, 4.69) is 77.0 Å². The van der Waals surface area contributed by atoms with Crippen LogP contribution in [0.1, 0.15) is 35.4 Å². The van der Waals surface area contributed by atoms with E-state index in [4.69, 9.17) is 13.9 Å². The van der Waals surface area contributed by atoms with Crippen molar-refractivity contribution in [2.45, 2.75) is 32.6 Å². The van der Waals surface area contributed by atoms with Crippen molar-refractivity contribution >= 4 is 18.2 Å². The number of hydrogen-bond donors (Lipinski definition) is 1. The van der Waals surface area contributed by atoms with Gasteiger partial charge in [0, 0.05) is 25.2 Å². The molecule has 3 heterocycles. The lowest BCUT2D eigenvalue weighted by Gasteiger charge is -2.30. The van der Waals surface area contributed by atoms with Crippen LogP contribution in [0.2, 0.25) is 0 Å². The van der Waals surface area contributed by atoms with Crippen molar-refractivity contribution in [1.29, 1.82) is 0 Å². The summed E-state index contributed by atoms with van der Waals surface area (Å²) in [6.45, 7) is 6.40. The van der Waals surface area contributed by atoms with Crippen molar-refractivity contribution in [1.82, 2.24) is 24.6 Å². The minimum Gasteiger partial charge on any atom is -0.439 e. The number of benzene rings is 2. The first-order valence-electron chi connectivity index (χ1n) is 12.4. The van der Waals surface area contributed by atoms with Gasteiger partial charge >= 0.3 is 0 Å². The fourth-order valence-corrected chi connectivity index (χ4v) is 5.20. The number of nitrogens with zero attached hydrogens (tertiary/aromatic N) is 5. The highest BCUT2D eigenvalue weighted by atomic mass is 32.2. The summed E-state index contributed by atoms with van der Waals surface area (Å²) in [5, 5.41) is 4.12. The number of aromatic nitrogens is 4. The van der Waals surface area contributed by atoms with Crippen LogP contribution in [0.25, 0.3) is 11.3 Å². The van der Waals surface area contributed by atoms with Gasteiger partial charge in [0.15, 0.2) is 18.0 Å². The van der Waals surface area contributed by atoms with E-state index >= 15 is 0 Å². The Morgan fingerprint density at radius 2 is 1.81 bits per heavy atom. The second kappa shape index (κ2) is 11.2. The molecule has 0 bridgehead atoms. The molecule has 1 saturated heterocycles. The van der Waals surface area contributed by atoms with Gasteiger partial charge in [0.1, 0.15) is 5.75 Å². The van der Waals surface area contributed by atoms with Crippen molar-refractivity contribution in [3.63, 3.8) is 0 Å². The van der Waals surface area contributed by atoms with Crippen LogP contribution in [0.4, 0.5) is 5.95 Å². The van der Waals surface area contributed by atoms with E-state index in [0.717, 1.165) is 53.5 Å². The van der Waals surface area contributed by atoms with Crippen molar-refractivity contribution in [3.8, 4) is 28.6 Å². The predicted octanol–water partition coefficient (Wildman–Crippen LogP) is 6.15. The largest absolute Gasteiger partial charge is 0.439 e. The maximum atomic E-state index is 6.32. The van der Waals surface area contributed by atoms with Gasteiger partial charge in [-0.05, 0) is 75.0 Å². The van der Waals surface area contributed by atoms with Crippen molar-refractivity contribution in [3.05, 3.63) is 77.6 Å². The van der Waals surface area contributed by atoms with Gasteiger partial charge in [-0.1, -0.05) is 30.3 Å². The smallest absolute Gasteiger partial charge is 0.239 e. The molecule has 5 rings (SSSR count). The van der Waals surface area contributed by atoms with Crippen LogP contribution in [0.15, 0.2) is 60.9 Å². The van der Waals surface area contributed by atoms with Crippen LogP contribution in [0, 0.1) is 13.8 Å². The number of ether oxygens (including phenoxy) is 1. The Balaban J connectivity index is 1.41. The van der Waals surface area contributed by atoms with E-state index in [1.165, 1.54) is 18.4 Å². The molecular formula is C28H32N6O2S. The molecule has 0 radical (unpaired) electrons. The van der Waals surface area contributed by atoms with Gasteiger partial charge in [0.2, 0.25) is 11.8 Å². The summed E-state index contributed by atoms with van der Waals surface area (Å²) < 4.78 is 16.8. The van der Waals surface area contributed by atoms with E-state index in [9.17, 15) is 0 Å². The van der Waals surface area contributed by atoms with Crippen LogP contribution in [-0.2, 0) is 7.05 Å². The third kappa shape index (κ3) is 6.23. The number of likely N-dealkylation sites (N-methyl/N-ethyl adjacent to an activating group) is 1. The molecule has 0 saturated carbocycles. The Morgan fingerprint density at radius 1 is 1.00 bits per heavy atom. The Hall–Kier alpha value is -3.56. The summed E-state index contributed by atoms with van der Waals surface area (Å²) >= 11 is 1.03. The molecule has 0 aliphatic carbocycles. The van der Waals surface area contributed by atoms with E-state index in [1.807, 2.05) is 19.2 Å². The monoisotopic (exact) mass is 516 g/mol. The Morgan fingerprint density at radius 3 is 2.57 bits per heavy atom. The predicted molar refractivity (Wildman–Crippen MR) is 148 cm³/mol. The van der Waals surface area contributed by atoms with Gasteiger partial charge in [-0.15, -0.1) is 0 Å². The lowest BCUT2D eigenvalue weighted by Crippen LogP contribution is -2.30. The Kier molecular flexibility index (Phi) is 7.62. The number of piperidine rings is 1. The van der Waals surface area contributed by atoms with E-state index in [-0.39, 0.29) is 0 Å². The average molecular weight is 517 g/mol. The van der Waals surface area contributed by atoms with Crippen molar-refractivity contribution < 1.29 is 8.92 Å². The number of rotatable bonds is 8. The number of anilines is 1. The third-order valence-corrected chi connectivity index (χ3v) is 7.11. The molecule has 192 valence electrons. The summed E-state index contributed by atoms with van der Waals surface area (Å²) in [5.41, 5.74) is 5.42. The molecule has 0 spiro atoms. The first kappa shape index (κ1) is 25.1. The number of hydrogen-bond acceptors (Lipinski definition) is 8. The zero-order valence-electron chi connectivity index (χ0n) is 21.6. The van der Waals surface area contributed by atoms with Gasteiger partial charge in [-0.3, -0.25) is 9.40 Å². The molecule has 0 amide bonds. The molecule has 9 heteroatoms. The van der Waals surface area contributed by atoms with E-state index in [1.54, 1.807) is 17.1 Å². The Bertz CT molecular complexity index is 1350. The number of aryl methyl sites for hydroxylation is 3. The molecule has 2 aromatic carbocycles. The van der Waals surface area contributed by atoms with Crippen LogP contribution >= 0.6 is 12.2 Å². The first-order chi connectivity index (χ1) is 17.9. The standard InChI is InChI=1S/C28H32N6O2S/c1-19-8-5-9-20(2)27(19)25-15-26(31-28(30-25)32-37-36-24-16-29-34(4)18-24)35-23-12-6-10-21(14-23)22-11-7-13-33(3)17-22/h5-6,8-10,12,14-16,18,22H,7,11,13,17H2,1-4H3,(H,30,31,32). The minimum absolute atomic E-state index is 0.397. The summed E-state index contributed by atoms with van der Waals surface area (Å²) in [4.78, 5) is 11.8. The first-order valence-corrected chi connectivity index (χ1v) is 13.2. The van der Waals surface area contributed by atoms with Gasteiger partial charge in [-0.25, -0.2) is 4.98 Å². The quantitative estimate of drug-likeness (QED) is 0.221. The lowest BCUT2D eigenvalue weighted by atomic mass is 9.91. The second-order valence-electron chi connectivity index (χ2n) is 9.58. The van der Waals surface area contributed by atoms with Crippen molar-refractivity contribution in [2.75, 3.05) is 24.9 Å². The number of nitrogens with one attached hydrogen (secondary N) is 1. The zero-order chi connectivity index (χ0) is 25.8. The average Bonchev–Trinajstić information content (AvgIpc) is 3.29. The summed E-state index contributed by atoms with van der Waals surface area (Å²) in [6.07, 6.45) is 5.84. The minimum atomic E-state index is 0.397. The molecule has 8 nitrogen and oxygen atoms in total. The molecule has 1 fully saturated rings. The lowest BCUT2D eigenvalue weighted by molar-refractivity contribution is 0.250. The summed E-state index contributed by atoms with van der Waals surface area (Å²) in [6, 6.07) is 16.5. The maximum absolute atomic E-state index is 6.32. The molecule has 37 heavy (non-hydrogen) atoms. The number of likely N-dealkylation sites (tertiary alicyclic amines) is 1. The normalized spacial score (nSPS) is 15.9. The fourth-order valence-electron chi connectivity index (χ4n) is 4.81. The van der Waals surface area contributed by atoms with Crippen LogP contribution in [-0.4, -0.2) is 44.8 Å².